The number of aliphatic hydroxyl groups is 1. The van der Waals surface area contributed by atoms with Crippen LogP contribution < -0.4 is 4.74 Å². The Balaban J connectivity index is 2.43. The number of fused-ring (bicyclic) bond motifs is 1. The molecule has 3 heteroatoms. The predicted molar refractivity (Wildman–Crippen MR) is 58.0 cm³/mol. The minimum Gasteiger partial charge on any atom is -0.494 e. The summed E-state index contributed by atoms with van der Waals surface area (Å²) in [5, 5.41) is 10.3. The molecule has 0 bridgehead atoms. The largest absolute Gasteiger partial charge is 0.494 e. The number of aliphatic hydroxyl groups excluding tert-OH is 1. The van der Waals surface area contributed by atoms with Gasteiger partial charge in [-0.1, -0.05) is 0 Å². The Morgan fingerprint density at radius 1 is 1.40 bits per heavy atom. The van der Waals surface area contributed by atoms with Gasteiger partial charge in [-0.25, -0.2) is 0 Å². The van der Waals surface area contributed by atoms with Crippen LogP contribution in [-0.2, 0) is 0 Å². The van der Waals surface area contributed by atoms with E-state index in [-0.39, 0.29) is 0 Å². The third-order valence-electron chi connectivity index (χ3n) is 2.23. The Morgan fingerprint density at radius 2 is 2.20 bits per heavy atom. The van der Waals surface area contributed by atoms with Gasteiger partial charge in [0, 0.05) is 5.39 Å². The smallest absolute Gasteiger partial charge is 0.134 e. The second-order valence-corrected chi connectivity index (χ2v) is 3.46. The first kappa shape index (κ1) is 10.1. The van der Waals surface area contributed by atoms with Crippen molar-refractivity contribution in [3.05, 3.63) is 30.0 Å². The van der Waals surface area contributed by atoms with Gasteiger partial charge in [0.1, 0.15) is 23.2 Å². The molecular weight excluding hydrogens is 192 g/mol. The molecule has 0 aliphatic heterocycles. The number of hydrogen-bond acceptors (Lipinski definition) is 3. The topological polar surface area (TPSA) is 42.6 Å². The van der Waals surface area contributed by atoms with E-state index in [1.165, 1.54) is 0 Å². The molecule has 80 valence electrons. The van der Waals surface area contributed by atoms with Crippen LogP contribution >= 0.6 is 0 Å². The maximum Gasteiger partial charge on any atom is 0.134 e. The van der Waals surface area contributed by atoms with Crippen LogP contribution in [0, 0.1) is 0 Å². The highest BCUT2D eigenvalue weighted by atomic mass is 16.5. The molecule has 1 aromatic carbocycles. The first-order valence-corrected chi connectivity index (χ1v) is 5.05. The Labute approximate surface area is 88.3 Å². The van der Waals surface area contributed by atoms with E-state index in [2.05, 4.69) is 0 Å². The summed E-state index contributed by atoms with van der Waals surface area (Å²) in [5.74, 6) is 1.40. The normalized spacial score (nSPS) is 13.0. The zero-order valence-electron chi connectivity index (χ0n) is 8.86. The standard InChI is InChI=1S/C12H14O3/c1-3-14-10-4-5-11-9(6-10)7-12(15-11)8(2)13/h4-8,13H,3H2,1-2H3. The maximum absolute atomic E-state index is 9.37. The number of hydrogen-bond donors (Lipinski definition) is 1. The van der Waals surface area contributed by atoms with Crippen LogP contribution in [-0.4, -0.2) is 11.7 Å². The van der Waals surface area contributed by atoms with Gasteiger partial charge in [0.2, 0.25) is 0 Å². The summed E-state index contributed by atoms with van der Waals surface area (Å²) in [6, 6.07) is 7.46. The summed E-state index contributed by atoms with van der Waals surface area (Å²) in [7, 11) is 0. The lowest BCUT2D eigenvalue weighted by Crippen LogP contribution is -1.89. The molecule has 0 aliphatic carbocycles. The summed E-state index contributed by atoms with van der Waals surface area (Å²) in [6.07, 6.45) is -0.576. The highest BCUT2D eigenvalue weighted by molar-refractivity contribution is 5.79. The van der Waals surface area contributed by atoms with Gasteiger partial charge in [-0.3, -0.25) is 0 Å². The fourth-order valence-electron chi connectivity index (χ4n) is 1.50. The molecule has 0 saturated heterocycles. The van der Waals surface area contributed by atoms with Crippen molar-refractivity contribution in [3.8, 4) is 5.75 Å². The van der Waals surface area contributed by atoms with Gasteiger partial charge in [0.25, 0.3) is 0 Å². The molecule has 1 atom stereocenters. The first-order chi connectivity index (χ1) is 7.20. The van der Waals surface area contributed by atoms with Gasteiger partial charge in [-0.2, -0.15) is 0 Å². The minimum atomic E-state index is -0.576. The van der Waals surface area contributed by atoms with Gasteiger partial charge in [-0.05, 0) is 38.1 Å². The molecule has 1 aromatic heterocycles. The van der Waals surface area contributed by atoms with Crippen LogP contribution in [0.3, 0.4) is 0 Å². The van der Waals surface area contributed by atoms with Gasteiger partial charge in [0.05, 0.1) is 6.61 Å². The molecule has 0 radical (unpaired) electrons. The summed E-state index contributed by atoms with van der Waals surface area (Å²) in [6.45, 7) is 4.27. The maximum atomic E-state index is 9.37. The van der Waals surface area contributed by atoms with E-state index in [0.29, 0.717) is 12.4 Å². The summed E-state index contributed by atoms with van der Waals surface area (Å²) in [4.78, 5) is 0. The average molecular weight is 206 g/mol. The van der Waals surface area contributed by atoms with E-state index in [0.717, 1.165) is 16.7 Å². The predicted octanol–water partition coefficient (Wildman–Crippen LogP) is 2.88. The van der Waals surface area contributed by atoms with Gasteiger partial charge in [-0.15, -0.1) is 0 Å². The monoisotopic (exact) mass is 206 g/mol. The molecule has 2 rings (SSSR count). The van der Waals surface area contributed by atoms with E-state index < -0.39 is 6.10 Å². The van der Waals surface area contributed by atoms with Crippen molar-refractivity contribution in [2.24, 2.45) is 0 Å². The lowest BCUT2D eigenvalue weighted by molar-refractivity contribution is 0.172. The highest BCUT2D eigenvalue weighted by Gasteiger charge is 2.08. The van der Waals surface area contributed by atoms with Gasteiger partial charge in [0.15, 0.2) is 0 Å². The minimum absolute atomic E-state index is 0.576. The Hall–Kier alpha value is -1.48. The van der Waals surface area contributed by atoms with E-state index in [1.54, 1.807) is 6.92 Å². The van der Waals surface area contributed by atoms with Crippen molar-refractivity contribution in [1.82, 2.24) is 0 Å². The SMILES string of the molecule is CCOc1ccc2oc(C(C)O)cc2c1. The first-order valence-electron chi connectivity index (χ1n) is 5.05. The molecule has 1 unspecified atom stereocenters. The number of rotatable bonds is 3. The molecule has 0 fully saturated rings. The Morgan fingerprint density at radius 3 is 2.87 bits per heavy atom. The lowest BCUT2D eigenvalue weighted by atomic mass is 10.2. The molecule has 0 saturated carbocycles. The van der Waals surface area contributed by atoms with Crippen LogP contribution in [0.1, 0.15) is 25.7 Å². The van der Waals surface area contributed by atoms with E-state index in [4.69, 9.17) is 9.15 Å². The Bertz CT molecular complexity index is 457. The molecule has 15 heavy (non-hydrogen) atoms. The average Bonchev–Trinajstić information content (AvgIpc) is 2.61. The fourth-order valence-corrected chi connectivity index (χ4v) is 1.50. The van der Waals surface area contributed by atoms with Crippen LogP contribution in [0.25, 0.3) is 11.0 Å². The van der Waals surface area contributed by atoms with E-state index >= 15 is 0 Å². The molecule has 0 aliphatic rings. The van der Waals surface area contributed by atoms with Crippen molar-refractivity contribution < 1.29 is 14.3 Å². The molecule has 1 N–H and O–H groups in total. The lowest BCUT2D eigenvalue weighted by Gasteiger charge is -2.00. The van der Waals surface area contributed by atoms with E-state index in [1.807, 2.05) is 31.2 Å². The van der Waals surface area contributed by atoms with Crippen molar-refractivity contribution in [2.75, 3.05) is 6.61 Å². The third kappa shape index (κ3) is 1.97. The second kappa shape index (κ2) is 3.95. The van der Waals surface area contributed by atoms with Crippen molar-refractivity contribution >= 4 is 11.0 Å². The molecule has 0 amide bonds. The Kier molecular flexibility index (Phi) is 2.64. The molecule has 0 spiro atoms. The summed E-state index contributed by atoms with van der Waals surface area (Å²) < 4.78 is 10.8. The molecular formula is C12H14O3. The fraction of sp³-hybridized carbons (Fsp3) is 0.333. The molecule has 2 aromatic rings. The quantitative estimate of drug-likeness (QED) is 0.839. The van der Waals surface area contributed by atoms with Gasteiger partial charge >= 0.3 is 0 Å². The van der Waals surface area contributed by atoms with Crippen LogP contribution in [0.15, 0.2) is 28.7 Å². The summed E-state index contributed by atoms with van der Waals surface area (Å²) >= 11 is 0. The number of benzene rings is 1. The van der Waals surface area contributed by atoms with Crippen molar-refractivity contribution in [2.45, 2.75) is 20.0 Å². The second-order valence-electron chi connectivity index (χ2n) is 3.46. The zero-order valence-corrected chi connectivity index (χ0v) is 8.86. The molecule has 1 heterocycles. The van der Waals surface area contributed by atoms with Crippen LogP contribution in [0.4, 0.5) is 0 Å². The van der Waals surface area contributed by atoms with Crippen LogP contribution in [0.2, 0.25) is 0 Å². The van der Waals surface area contributed by atoms with Gasteiger partial charge < -0.3 is 14.3 Å². The summed E-state index contributed by atoms with van der Waals surface area (Å²) in [5.41, 5.74) is 0.773. The third-order valence-corrected chi connectivity index (χ3v) is 2.23. The zero-order chi connectivity index (χ0) is 10.8. The molecule has 3 nitrogen and oxygen atoms in total. The van der Waals surface area contributed by atoms with Crippen LogP contribution in [0.5, 0.6) is 5.75 Å². The number of ether oxygens (including phenoxy) is 1. The van der Waals surface area contributed by atoms with Crippen molar-refractivity contribution in [3.63, 3.8) is 0 Å². The number of furan rings is 1. The highest BCUT2D eigenvalue weighted by Crippen LogP contribution is 2.27. The van der Waals surface area contributed by atoms with Crippen molar-refractivity contribution in [1.29, 1.82) is 0 Å². The van der Waals surface area contributed by atoms with E-state index in [9.17, 15) is 5.11 Å².